The number of nitrogens with zero attached hydrogens (tertiary/aromatic N) is 3. The molecule has 2 saturated heterocycles. The van der Waals surface area contributed by atoms with E-state index < -0.39 is 32.2 Å². The molecule has 1 unspecified atom stereocenters. The van der Waals surface area contributed by atoms with Gasteiger partial charge >= 0.3 is 5.97 Å². The number of carbonyl (C=O) groups is 1. The Kier molecular flexibility index (Phi) is 8.67. The van der Waals surface area contributed by atoms with E-state index in [-0.39, 0.29) is 35.5 Å². The lowest BCUT2D eigenvalue weighted by molar-refractivity contribution is -0.387. The maximum atomic E-state index is 14.4. The summed E-state index contributed by atoms with van der Waals surface area (Å²) in [5.74, 6) is -0.707. The smallest absolute Gasteiger partial charge is 0.328 e. The molecule has 6 rings (SSSR count). The molecule has 0 radical (unpaired) electrons. The molecule has 2 heterocycles. The number of esters is 1. The predicted molar refractivity (Wildman–Crippen MR) is 167 cm³/mol. The van der Waals surface area contributed by atoms with Gasteiger partial charge in [0.1, 0.15) is 11.6 Å². The number of nitro groups is 1. The van der Waals surface area contributed by atoms with E-state index in [1.165, 1.54) is 57.4 Å². The number of hydrogen-bond donors (Lipinski definition) is 1. The van der Waals surface area contributed by atoms with Crippen molar-refractivity contribution in [3.63, 3.8) is 0 Å². The van der Waals surface area contributed by atoms with Gasteiger partial charge < -0.3 is 9.64 Å². The van der Waals surface area contributed by atoms with E-state index in [4.69, 9.17) is 4.74 Å². The Morgan fingerprint density at radius 3 is 2.39 bits per heavy atom. The van der Waals surface area contributed by atoms with Crippen molar-refractivity contribution >= 4 is 21.7 Å². The standard InChI is InChI=1S/C33H46N4O6S/c1-22-27-20-28(25-18-19-29(35(2)3)26-15-9-8-14-24(25)26)34-33(27,32(38)43-23-12-6-4-5-7-13-23)21-36(22)44(41,42)31-17-11-10-16-30(31)37(39)40/h10-11,16-17,22-23,27-28,34H,4-9,12-15,18-21H2,1-3H3/t22?,27-,28+,33+/m1/s1. The van der Waals surface area contributed by atoms with Gasteiger partial charge in [-0.1, -0.05) is 25.0 Å². The van der Waals surface area contributed by atoms with Gasteiger partial charge in [-0.25, -0.2) is 13.2 Å². The minimum absolute atomic E-state index is 0.0492. The highest BCUT2D eigenvalue weighted by atomic mass is 32.2. The van der Waals surface area contributed by atoms with Crippen molar-refractivity contribution in [3.8, 4) is 0 Å². The Morgan fingerprint density at radius 1 is 1.02 bits per heavy atom. The number of para-hydroxylation sites is 1. The second-order valence-corrected chi connectivity index (χ2v) is 15.4. The lowest BCUT2D eigenvalue weighted by Gasteiger charge is -2.36. The quantitative estimate of drug-likeness (QED) is 0.184. The number of ether oxygens (including phenoxy) is 1. The molecule has 0 amide bonds. The number of nitrogens with one attached hydrogen (secondary N) is 1. The first-order valence-corrected chi connectivity index (χ1v) is 17.8. The van der Waals surface area contributed by atoms with E-state index in [0.717, 1.165) is 70.6 Å². The summed E-state index contributed by atoms with van der Waals surface area (Å²) in [6.45, 7) is 1.74. The molecule has 0 bridgehead atoms. The summed E-state index contributed by atoms with van der Waals surface area (Å²) >= 11 is 0. The van der Waals surface area contributed by atoms with Crippen LogP contribution in [0.1, 0.15) is 90.4 Å². The van der Waals surface area contributed by atoms with Crippen LogP contribution in [0.5, 0.6) is 0 Å². The van der Waals surface area contributed by atoms with Gasteiger partial charge in [-0.05, 0) is 100 Å². The van der Waals surface area contributed by atoms with Crippen LogP contribution >= 0.6 is 0 Å². The Morgan fingerprint density at radius 2 is 1.70 bits per heavy atom. The number of carbonyl (C=O) groups excluding carboxylic acids is 1. The number of hydrogen-bond acceptors (Lipinski definition) is 8. The average Bonchev–Trinajstić information content (AvgIpc) is 3.40. The minimum atomic E-state index is -4.28. The molecule has 0 spiro atoms. The number of benzene rings is 1. The lowest BCUT2D eigenvalue weighted by Crippen LogP contribution is -2.57. The van der Waals surface area contributed by atoms with Gasteiger partial charge in [-0.2, -0.15) is 4.31 Å². The predicted octanol–water partition coefficient (Wildman–Crippen LogP) is 5.45. The van der Waals surface area contributed by atoms with Crippen LogP contribution in [0, 0.1) is 16.0 Å². The van der Waals surface area contributed by atoms with Crippen LogP contribution in [-0.2, 0) is 19.6 Å². The highest BCUT2D eigenvalue weighted by molar-refractivity contribution is 7.89. The molecule has 4 atom stereocenters. The highest BCUT2D eigenvalue weighted by Crippen LogP contribution is 2.50. The van der Waals surface area contributed by atoms with E-state index in [2.05, 4.69) is 24.3 Å². The zero-order valence-electron chi connectivity index (χ0n) is 26.2. The molecule has 240 valence electrons. The normalized spacial score (nSPS) is 30.1. The number of fused-ring (bicyclic) bond motifs is 2. The Hall–Kier alpha value is -2.76. The summed E-state index contributed by atoms with van der Waals surface area (Å²) in [6, 6.07) is 4.87. The summed E-state index contributed by atoms with van der Waals surface area (Å²) in [4.78, 5) is 27.4. The molecule has 2 aliphatic heterocycles. The Labute approximate surface area is 261 Å². The molecule has 10 nitrogen and oxygen atoms in total. The second kappa shape index (κ2) is 12.2. The summed E-state index contributed by atoms with van der Waals surface area (Å²) in [5, 5.41) is 15.5. The number of nitro benzene ring substituents is 1. The zero-order chi connectivity index (χ0) is 31.2. The van der Waals surface area contributed by atoms with Gasteiger partial charge in [0.15, 0.2) is 4.90 Å². The second-order valence-electron chi connectivity index (χ2n) is 13.6. The van der Waals surface area contributed by atoms with Gasteiger partial charge in [-0.3, -0.25) is 15.4 Å². The van der Waals surface area contributed by atoms with Crippen LogP contribution in [0.2, 0.25) is 0 Å². The molecule has 4 fully saturated rings. The summed E-state index contributed by atoms with van der Waals surface area (Å²) in [6.07, 6.45) is 12.6. The highest BCUT2D eigenvalue weighted by Gasteiger charge is 2.64. The summed E-state index contributed by atoms with van der Waals surface area (Å²) in [5.41, 5.74) is 3.96. The van der Waals surface area contributed by atoms with Crippen molar-refractivity contribution in [2.45, 2.75) is 119 Å². The molecular formula is C33H46N4O6S. The van der Waals surface area contributed by atoms with Gasteiger partial charge in [0.25, 0.3) is 5.69 Å². The van der Waals surface area contributed by atoms with Crippen molar-refractivity contribution < 1.29 is 22.9 Å². The molecule has 0 aromatic heterocycles. The Balaban J connectivity index is 1.37. The zero-order valence-corrected chi connectivity index (χ0v) is 27.0. The molecule has 11 heteroatoms. The van der Waals surface area contributed by atoms with Crippen molar-refractivity contribution in [3.05, 3.63) is 56.8 Å². The van der Waals surface area contributed by atoms with E-state index >= 15 is 0 Å². The van der Waals surface area contributed by atoms with Crippen LogP contribution in [0.15, 0.2) is 51.6 Å². The van der Waals surface area contributed by atoms with E-state index in [0.29, 0.717) is 6.42 Å². The van der Waals surface area contributed by atoms with Crippen molar-refractivity contribution in [2.75, 3.05) is 20.6 Å². The SMILES string of the molecule is CC1[C@H]2C[C@@H](C3=C4CCCCC4=C(N(C)C)CC3)N[C@@]2(C(=O)OC2CCCCCC2)CN1S(=O)(=O)c1ccccc1[N+](=O)[O-]. The molecule has 1 aromatic carbocycles. The van der Waals surface area contributed by atoms with Gasteiger partial charge in [0.05, 0.1) is 4.92 Å². The third kappa shape index (κ3) is 5.38. The van der Waals surface area contributed by atoms with Gasteiger partial charge in [-0.15, -0.1) is 0 Å². The summed E-state index contributed by atoms with van der Waals surface area (Å²) in [7, 11) is -0.0452. The third-order valence-electron chi connectivity index (χ3n) is 10.9. The van der Waals surface area contributed by atoms with Crippen LogP contribution in [0.4, 0.5) is 5.69 Å². The molecule has 3 aliphatic carbocycles. The topological polar surface area (TPSA) is 122 Å². The van der Waals surface area contributed by atoms with Crippen LogP contribution in [-0.4, -0.2) is 72.9 Å². The lowest BCUT2D eigenvalue weighted by atomic mass is 9.76. The molecule has 2 saturated carbocycles. The van der Waals surface area contributed by atoms with Crippen molar-refractivity contribution in [1.82, 2.24) is 14.5 Å². The number of allylic oxidation sites excluding steroid dienone is 3. The van der Waals surface area contributed by atoms with Crippen molar-refractivity contribution in [2.24, 2.45) is 5.92 Å². The fraction of sp³-hybridized carbons (Fsp3) is 0.667. The van der Waals surface area contributed by atoms with E-state index in [1.54, 1.807) is 0 Å². The number of sulfonamides is 1. The van der Waals surface area contributed by atoms with Crippen molar-refractivity contribution in [1.29, 1.82) is 0 Å². The number of rotatable bonds is 7. The molecule has 5 aliphatic rings. The van der Waals surface area contributed by atoms with Crippen LogP contribution in [0.3, 0.4) is 0 Å². The first-order valence-electron chi connectivity index (χ1n) is 16.4. The average molecular weight is 627 g/mol. The molecule has 44 heavy (non-hydrogen) atoms. The largest absolute Gasteiger partial charge is 0.461 e. The fourth-order valence-electron chi connectivity index (χ4n) is 8.68. The first-order chi connectivity index (χ1) is 21.0. The van der Waals surface area contributed by atoms with Crippen LogP contribution in [0.25, 0.3) is 0 Å². The van der Waals surface area contributed by atoms with Gasteiger partial charge in [0.2, 0.25) is 10.0 Å². The first kappa shape index (κ1) is 31.2. The monoisotopic (exact) mass is 626 g/mol. The van der Waals surface area contributed by atoms with E-state index in [1.807, 2.05) is 6.92 Å². The van der Waals surface area contributed by atoms with Crippen LogP contribution < -0.4 is 5.32 Å². The molecular weight excluding hydrogens is 580 g/mol. The third-order valence-corrected chi connectivity index (χ3v) is 12.9. The minimum Gasteiger partial charge on any atom is -0.461 e. The fourth-order valence-corrected chi connectivity index (χ4v) is 10.6. The summed E-state index contributed by atoms with van der Waals surface area (Å²) < 4.78 is 35.8. The maximum absolute atomic E-state index is 14.4. The van der Waals surface area contributed by atoms with Gasteiger partial charge in [0, 0.05) is 50.4 Å². The van der Waals surface area contributed by atoms with E-state index in [9.17, 15) is 23.3 Å². The molecule has 1 N–H and O–H groups in total. The molecule has 1 aromatic rings. The Bertz CT molecular complexity index is 1480. The maximum Gasteiger partial charge on any atom is 0.328 e.